The molecular weight excluding hydrogens is 358 g/mol. The lowest BCUT2D eigenvalue weighted by Crippen LogP contribution is -2.31. The van der Waals surface area contributed by atoms with Gasteiger partial charge in [-0.15, -0.1) is 0 Å². The van der Waals surface area contributed by atoms with E-state index in [2.05, 4.69) is 10.3 Å². The van der Waals surface area contributed by atoms with Crippen LogP contribution >= 0.6 is 0 Å². The summed E-state index contributed by atoms with van der Waals surface area (Å²) in [6.07, 6.45) is 3.49. The molecule has 0 radical (unpaired) electrons. The summed E-state index contributed by atoms with van der Waals surface area (Å²) in [5, 5.41) is 2.81. The minimum absolute atomic E-state index is 0.162. The Labute approximate surface area is 161 Å². The number of nitrogens with zero attached hydrogens (tertiary/aromatic N) is 4. The molecule has 4 rings (SSSR count). The second-order valence-corrected chi connectivity index (χ2v) is 6.83. The topological polar surface area (TPSA) is 84.8 Å². The monoisotopic (exact) mass is 379 g/mol. The minimum Gasteiger partial charge on any atom is -0.454 e. The number of hydrogen-bond acceptors (Lipinski definition) is 5. The highest BCUT2D eigenvalue weighted by Gasteiger charge is 2.15. The lowest BCUT2D eigenvalue weighted by atomic mass is 10.3. The number of nitrogens with one attached hydrogen (secondary N) is 1. The Morgan fingerprint density at radius 3 is 2.82 bits per heavy atom. The van der Waals surface area contributed by atoms with Gasteiger partial charge in [-0.25, -0.2) is 4.98 Å². The highest BCUT2D eigenvalue weighted by molar-refractivity contribution is 5.91. The molecule has 0 atom stereocenters. The molecule has 0 aromatic carbocycles. The Morgan fingerprint density at radius 2 is 2.00 bits per heavy atom. The fourth-order valence-corrected chi connectivity index (χ4v) is 3.15. The number of furan rings is 1. The van der Waals surface area contributed by atoms with Crippen LogP contribution < -0.4 is 10.9 Å². The molecule has 0 fully saturated rings. The molecule has 0 spiro atoms. The van der Waals surface area contributed by atoms with Crippen LogP contribution in [0.15, 0.2) is 58.0 Å². The van der Waals surface area contributed by atoms with Crippen molar-refractivity contribution in [3.63, 3.8) is 0 Å². The van der Waals surface area contributed by atoms with E-state index in [0.717, 1.165) is 12.1 Å². The molecule has 0 unspecified atom stereocenters. The SMILES string of the molecule is CN(C)CCNC(=O)c1ccc(Cn2c(=O)c3cccn3c3cccnc32)o1. The zero-order valence-corrected chi connectivity index (χ0v) is 15.8. The van der Waals surface area contributed by atoms with Crippen LogP contribution in [0, 0.1) is 0 Å². The van der Waals surface area contributed by atoms with E-state index in [0.29, 0.717) is 23.5 Å². The summed E-state index contributed by atoms with van der Waals surface area (Å²) < 4.78 is 9.08. The fourth-order valence-electron chi connectivity index (χ4n) is 3.15. The first-order valence-electron chi connectivity index (χ1n) is 9.01. The number of pyridine rings is 1. The number of amides is 1. The Balaban J connectivity index is 1.64. The van der Waals surface area contributed by atoms with Gasteiger partial charge in [0.05, 0.1) is 12.1 Å². The Morgan fingerprint density at radius 1 is 1.18 bits per heavy atom. The smallest absolute Gasteiger partial charge is 0.287 e. The first-order chi connectivity index (χ1) is 13.5. The van der Waals surface area contributed by atoms with Gasteiger partial charge in [0.1, 0.15) is 11.3 Å². The lowest BCUT2D eigenvalue weighted by Gasteiger charge is -2.10. The van der Waals surface area contributed by atoms with Gasteiger partial charge in [-0.05, 0) is 50.5 Å². The molecule has 0 aliphatic rings. The van der Waals surface area contributed by atoms with Crippen LogP contribution in [0.25, 0.3) is 16.7 Å². The van der Waals surface area contributed by atoms with Crippen LogP contribution in [0.3, 0.4) is 0 Å². The van der Waals surface area contributed by atoms with Crippen molar-refractivity contribution in [3.8, 4) is 0 Å². The molecule has 0 saturated heterocycles. The van der Waals surface area contributed by atoms with Crippen molar-refractivity contribution in [1.82, 2.24) is 24.2 Å². The number of carbonyl (C=O) groups excluding carboxylic acids is 1. The van der Waals surface area contributed by atoms with Crippen LogP contribution in [0.5, 0.6) is 0 Å². The molecule has 1 N–H and O–H groups in total. The van der Waals surface area contributed by atoms with Gasteiger partial charge in [-0.3, -0.25) is 14.2 Å². The number of carbonyl (C=O) groups is 1. The summed E-state index contributed by atoms with van der Waals surface area (Å²) in [6.45, 7) is 1.46. The molecule has 0 saturated carbocycles. The van der Waals surface area contributed by atoms with E-state index in [1.807, 2.05) is 47.8 Å². The van der Waals surface area contributed by atoms with E-state index in [9.17, 15) is 9.59 Å². The first kappa shape index (κ1) is 18.0. The molecule has 8 nitrogen and oxygen atoms in total. The molecular formula is C20H21N5O3. The Bertz CT molecular complexity index is 1200. The van der Waals surface area contributed by atoms with Crippen molar-refractivity contribution in [2.24, 2.45) is 0 Å². The van der Waals surface area contributed by atoms with Crippen molar-refractivity contribution < 1.29 is 9.21 Å². The van der Waals surface area contributed by atoms with Crippen LogP contribution in [-0.4, -0.2) is 51.9 Å². The number of aromatic nitrogens is 3. The zero-order valence-electron chi connectivity index (χ0n) is 15.8. The number of hydrogen-bond donors (Lipinski definition) is 1. The third-order valence-corrected chi connectivity index (χ3v) is 4.54. The molecule has 4 heterocycles. The van der Waals surface area contributed by atoms with Gasteiger partial charge >= 0.3 is 0 Å². The van der Waals surface area contributed by atoms with Crippen LogP contribution in [0.1, 0.15) is 16.3 Å². The van der Waals surface area contributed by atoms with E-state index in [1.165, 1.54) is 0 Å². The average molecular weight is 379 g/mol. The maximum atomic E-state index is 12.9. The summed E-state index contributed by atoms with van der Waals surface area (Å²) >= 11 is 0. The van der Waals surface area contributed by atoms with Crippen molar-refractivity contribution in [1.29, 1.82) is 0 Å². The maximum absolute atomic E-state index is 12.9. The molecule has 0 aliphatic heterocycles. The molecule has 28 heavy (non-hydrogen) atoms. The Kier molecular flexibility index (Phi) is 4.70. The third-order valence-electron chi connectivity index (χ3n) is 4.54. The van der Waals surface area contributed by atoms with E-state index >= 15 is 0 Å². The van der Waals surface area contributed by atoms with E-state index in [-0.39, 0.29) is 23.8 Å². The predicted octanol–water partition coefficient (Wildman–Crippen LogP) is 1.58. The summed E-state index contributed by atoms with van der Waals surface area (Å²) in [7, 11) is 3.88. The largest absolute Gasteiger partial charge is 0.454 e. The lowest BCUT2D eigenvalue weighted by molar-refractivity contribution is 0.0921. The van der Waals surface area contributed by atoms with Gasteiger partial charge in [-0.1, -0.05) is 0 Å². The van der Waals surface area contributed by atoms with Gasteiger partial charge in [0.25, 0.3) is 11.5 Å². The van der Waals surface area contributed by atoms with Gasteiger partial charge in [-0.2, -0.15) is 0 Å². The maximum Gasteiger partial charge on any atom is 0.287 e. The molecule has 144 valence electrons. The van der Waals surface area contributed by atoms with Crippen molar-refractivity contribution in [2.75, 3.05) is 27.2 Å². The van der Waals surface area contributed by atoms with Gasteiger partial charge in [0.2, 0.25) is 0 Å². The molecule has 4 aromatic rings. The van der Waals surface area contributed by atoms with Crippen LogP contribution in [-0.2, 0) is 6.54 Å². The molecule has 8 heteroatoms. The normalized spacial score (nSPS) is 11.5. The molecule has 0 bridgehead atoms. The summed E-state index contributed by atoms with van der Waals surface area (Å²) in [6, 6.07) is 10.7. The summed E-state index contributed by atoms with van der Waals surface area (Å²) in [5.41, 5.74) is 1.79. The predicted molar refractivity (Wildman–Crippen MR) is 106 cm³/mol. The van der Waals surface area contributed by atoms with E-state index < -0.39 is 0 Å². The Hall–Kier alpha value is -3.39. The van der Waals surface area contributed by atoms with Gasteiger partial charge < -0.3 is 19.0 Å². The first-order valence-corrected chi connectivity index (χ1v) is 9.01. The van der Waals surface area contributed by atoms with Gasteiger partial charge in [0.15, 0.2) is 11.4 Å². The highest BCUT2D eigenvalue weighted by Crippen LogP contribution is 2.15. The third kappa shape index (κ3) is 3.29. The second kappa shape index (κ2) is 7.32. The van der Waals surface area contributed by atoms with E-state index in [4.69, 9.17) is 4.42 Å². The number of rotatable bonds is 6. The fraction of sp³-hybridized carbons (Fsp3) is 0.250. The summed E-state index contributed by atoms with van der Waals surface area (Å²) in [5.74, 6) is 0.469. The summed E-state index contributed by atoms with van der Waals surface area (Å²) in [4.78, 5) is 31.5. The quantitative estimate of drug-likeness (QED) is 0.550. The number of fused-ring (bicyclic) bond motifs is 3. The molecule has 1 amide bonds. The highest BCUT2D eigenvalue weighted by atomic mass is 16.4. The van der Waals surface area contributed by atoms with Crippen LogP contribution in [0.2, 0.25) is 0 Å². The zero-order chi connectivity index (χ0) is 19.7. The molecule has 0 aliphatic carbocycles. The van der Waals surface area contributed by atoms with E-state index in [1.54, 1.807) is 29.0 Å². The van der Waals surface area contributed by atoms with Gasteiger partial charge in [0, 0.05) is 25.5 Å². The number of likely N-dealkylation sites (N-methyl/N-ethyl adjacent to an activating group) is 1. The molecule has 4 aromatic heterocycles. The van der Waals surface area contributed by atoms with Crippen LogP contribution in [0.4, 0.5) is 0 Å². The average Bonchev–Trinajstić information content (AvgIpc) is 3.34. The standard InChI is InChI=1S/C20H21N5O3/c1-23(2)12-10-22-19(26)17-8-7-14(28-17)13-25-18-15(5-3-9-21-18)24-11-4-6-16(24)20(25)27/h3-9,11H,10,12-13H2,1-2H3,(H,22,26). The van der Waals surface area contributed by atoms with Crippen molar-refractivity contribution >= 4 is 22.6 Å². The second-order valence-electron chi connectivity index (χ2n) is 6.83. The van der Waals surface area contributed by atoms with Crippen molar-refractivity contribution in [3.05, 3.63) is 70.7 Å². The minimum atomic E-state index is -0.273. The van der Waals surface area contributed by atoms with Crippen molar-refractivity contribution in [2.45, 2.75) is 6.54 Å².